The molecule has 0 amide bonds. The molecule has 0 aromatic rings. The van der Waals surface area contributed by atoms with E-state index in [0.29, 0.717) is 19.6 Å². The van der Waals surface area contributed by atoms with Gasteiger partial charge in [-0.1, -0.05) is 70.3 Å². The second kappa shape index (κ2) is 18.5. The van der Waals surface area contributed by atoms with Crippen LogP contribution in [0.15, 0.2) is 11.6 Å². The van der Waals surface area contributed by atoms with Crippen molar-refractivity contribution in [3.8, 4) is 0 Å². The molecule has 0 aromatic heterocycles. The highest BCUT2D eigenvalue weighted by molar-refractivity contribution is 5.72. The Labute approximate surface area is 160 Å². The number of esters is 2. The Morgan fingerprint density at radius 1 is 0.692 bits per heavy atom. The maximum absolute atomic E-state index is 11.6. The third-order valence-electron chi connectivity index (χ3n) is 4.26. The number of carbonyl (C=O) groups is 2. The molecule has 0 aromatic carbocycles. The lowest BCUT2D eigenvalue weighted by atomic mass is 10.1. The number of hydrogen-bond acceptors (Lipinski definition) is 4. The third-order valence-corrected chi connectivity index (χ3v) is 4.26. The summed E-state index contributed by atoms with van der Waals surface area (Å²) >= 11 is 0. The summed E-state index contributed by atoms with van der Waals surface area (Å²) in [6.07, 6.45) is 15.6. The van der Waals surface area contributed by atoms with E-state index in [1.165, 1.54) is 51.4 Å². The summed E-state index contributed by atoms with van der Waals surface area (Å²) in [6, 6.07) is 0. The van der Waals surface area contributed by atoms with E-state index in [4.69, 9.17) is 9.47 Å². The van der Waals surface area contributed by atoms with Crippen molar-refractivity contribution in [2.24, 2.45) is 0 Å². The predicted molar refractivity (Wildman–Crippen MR) is 107 cm³/mol. The quantitative estimate of drug-likeness (QED) is 0.176. The highest BCUT2D eigenvalue weighted by atomic mass is 16.5. The summed E-state index contributed by atoms with van der Waals surface area (Å²) < 4.78 is 10.2. The van der Waals surface area contributed by atoms with E-state index >= 15 is 0 Å². The van der Waals surface area contributed by atoms with Gasteiger partial charge in [0, 0.05) is 12.8 Å². The van der Waals surface area contributed by atoms with Gasteiger partial charge in [-0.2, -0.15) is 0 Å². The molecular formula is C22H40O4. The second-order valence-corrected chi connectivity index (χ2v) is 7.22. The minimum atomic E-state index is -0.259. The van der Waals surface area contributed by atoms with E-state index < -0.39 is 0 Å². The lowest BCUT2D eigenvalue weighted by molar-refractivity contribution is -0.145. The van der Waals surface area contributed by atoms with Crippen LogP contribution in [0.5, 0.6) is 0 Å². The first kappa shape index (κ1) is 24.7. The normalized spacial score (nSPS) is 10.4. The summed E-state index contributed by atoms with van der Waals surface area (Å²) in [7, 11) is 0. The van der Waals surface area contributed by atoms with Crippen LogP contribution in [0.1, 0.15) is 104 Å². The van der Waals surface area contributed by atoms with E-state index in [2.05, 4.69) is 6.92 Å². The van der Waals surface area contributed by atoms with Crippen LogP contribution < -0.4 is 0 Å². The average molecular weight is 369 g/mol. The Morgan fingerprint density at radius 3 is 1.73 bits per heavy atom. The number of carbonyl (C=O) groups excluding carboxylic acids is 2. The standard InChI is InChI=1S/C22H40O4/c1-4-5-6-7-8-9-10-11-12-13-18-25-21(23)15-14-16-22(24)26-19-17-20(2)3/h17H,4-16,18-19H2,1-3H3. The van der Waals surface area contributed by atoms with Gasteiger partial charge >= 0.3 is 11.9 Å². The van der Waals surface area contributed by atoms with Crippen molar-refractivity contribution in [3.63, 3.8) is 0 Å². The van der Waals surface area contributed by atoms with Crippen LogP contribution in [-0.2, 0) is 19.1 Å². The monoisotopic (exact) mass is 368 g/mol. The molecule has 0 aliphatic rings. The number of allylic oxidation sites excluding steroid dienone is 1. The summed E-state index contributed by atoms with van der Waals surface area (Å²) in [4.78, 5) is 23.1. The fourth-order valence-electron chi connectivity index (χ4n) is 2.60. The summed E-state index contributed by atoms with van der Waals surface area (Å²) in [5.41, 5.74) is 1.12. The number of hydrogen-bond donors (Lipinski definition) is 0. The van der Waals surface area contributed by atoms with Crippen LogP contribution in [-0.4, -0.2) is 25.2 Å². The van der Waals surface area contributed by atoms with Crippen molar-refractivity contribution in [2.45, 2.75) is 104 Å². The molecule has 0 saturated carbocycles. The van der Waals surface area contributed by atoms with Gasteiger partial charge in [0.1, 0.15) is 6.61 Å². The molecule has 0 saturated heterocycles. The highest BCUT2D eigenvalue weighted by Crippen LogP contribution is 2.10. The van der Waals surface area contributed by atoms with Crippen LogP contribution in [0, 0.1) is 0 Å². The molecule has 0 aliphatic carbocycles. The van der Waals surface area contributed by atoms with Crippen molar-refractivity contribution in [2.75, 3.05) is 13.2 Å². The molecule has 0 radical (unpaired) electrons. The molecule has 0 aliphatic heterocycles. The highest BCUT2D eigenvalue weighted by Gasteiger charge is 2.06. The Hall–Kier alpha value is -1.32. The van der Waals surface area contributed by atoms with Gasteiger partial charge < -0.3 is 9.47 Å². The zero-order valence-electron chi connectivity index (χ0n) is 17.3. The molecule has 0 unspecified atom stereocenters. The molecule has 26 heavy (non-hydrogen) atoms. The first-order chi connectivity index (χ1) is 12.6. The Kier molecular flexibility index (Phi) is 17.5. The Bertz CT molecular complexity index is 384. The SMILES string of the molecule is CCCCCCCCCCCCOC(=O)CCCC(=O)OCC=C(C)C. The molecule has 0 spiro atoms. The van der Waals surface area contributed by atoms with E-state index in [1.807, 2.05) is 19.9 Å². The molecule has 0 atom stereocenters. The number of ether oxygens (including phenoxy) is 2. The zero-order chi connectivity index (χ0) is 19.5. The van der Waals surface area contributed by atoms with Gasteiger partial charge in [-0.3, -0.25) is 9.59 Å². The average Bonchev–Trinajstić information content (AvgIpc) is 2.59. The van der Waals surface area contributed by atoms with Gasteiger partial charge in [0.05, 0.1) is 6.61 Å². The predicted octanol–water partition coefficient (Wildman–Crippen LogP) is 6.13. The fourth-order valence-corrected chi connectivity index (χ4v) is 2.60. The van der Waals surface area contributed by atoms with E-state index in [1.54, 1.807) is 0 Å². The zero-order valence-corrected chi connectivity index (χ0v) is 17.3. The van der Waals surface area contributed by atoms with Gasteiger partial charge in [0.2, 0.25) is 0 Å². The first-order valence-corrected chi connectivity index (χ1v) is 10.5. The molecule has 0 rings (SSSR count). The van der Waals surface area contributed by atoms with Crippen molar-refractivity contribution < 1.29 is 19.1 Å². The van der Waals surface area contributed by atoms with Crippen molar-refractivity contribution in [1.29, 1.82) is 0 Å². The van der Waals surface area contributed by atoms with Crippen LogP contribution in [0.25, 0.3) is 0 Å². The van der Waals surface area contributed by atoms with Crippen molar-refractivity contribution in [3.05, 3.63) is 11.6 Å². The van der Waals surface area contributed by atoms with Gasteiger partial charge in [0.15, 0.2) is 0 Å². The maximum Gasteiger partial charge on any atom is 0.306 e. The lowest BCUT2D eigenvalue weighted by Crippen LogP contribution is -2.09. The van der Waals surface area contributed by atoms with Gasteiger partial charge in [-0.25, -0.2) is 0 Å². The summed E-state index contributed by atoms with van der Waals surface area (Å²) in [6.45, 7) is 6.97. The van der Waals surface area contributed by atoms with Gasteiger partial charge in [-0.05, 0) is 32.8 Å². The molecule has 4 nitrogen and oxygen atoms in total. The van der Waals surface area contributed by atoms with Crippen LogP contribution in [0.2, 0.25) is 0 Å². The molecule has 0 N–H and O–H groups in total. The summed E-state index contributed by atoms with van der Waals surface area (Å²) in [5, 5.41) is 0. The summed E-state index contributed by atoms with van der Waals surface area (Å²) in [5.74, 6) is -0.469. The van der Waals surface area contributed by atoms with Crippen LogP contribution >= 0.6 is 0 Å². The molecule has 4 heteroatoms. The molecule has 0 heterocycles. The Balaban J connectivity index is 3.34. The fraction of sp³-hybridized carbons (Fsp3) is 0.818. The molecule has 0 bridgehead atoms. The van der Waals surface area contributed by atoms with Crippen molar-refractivity contribution in [1.82, 2.24) is 0 Å². The van der Waals surface area contributed by atoms with Crippen LogP contribution in [0.4, 0.5) is 0 Å². The van der Waals surface area contributed by atoms with Crippen molar-refractivity contribution >= 4 is 11.9 Å². The van der Waals surface area contributed by atoms with E-state index in [0.717, 1.165) is 18.4 Å². The second-order valence-electron chi connectivity index (χ2n) is 7.22. The topological polar surface area (TPSA) is 52.6 Å². The molecule has 0 fully saturated rings. The molecular weight excluding hydrogens is 328 g/mol. The maximum atomic E-state index is 11.6. The smallest absolute Gasteiger partial charge is 0.306 e. The van der Waals surface area contributed by atoms with E-state index in [9.17, 15) is 9.59 Å². The minimum absolute atomic E-state index is 0.210. The third kappa shape index (κ3) is 19.0. The number of unbranched alkanes of at least 4 members (excludes halogenated alkanes) is 9. The van der Waals surface area contributed by atoms with Gasteiger partial charge in [-0.15, -0.1) is 0 Å². The van der Waals surface area contributed by atoms with Crippen LogP contribution in [0.3, 0.4) is 0 Å². The Morgan fingerprint density at radius 2 is 1.19 bits per heavy atom. The largest absolute Gasteiger partial charge is 0.466 e. The minimum Gasteiger partial charge on any atom is -0.466 e. The number of rotatable bonds is 17. The first-order valence-electron chi connectivity index (χ1n) is 10.5. The lowest BCUT2D eigenvalue weighted by Gasteiger charge is -2.05. The molecule has 152 valence electrons. The van der Waals surface area contributed by atoms with Gasteiger partial charge in [0.25, 0.3) is 0 Å². The van der Waals surface area contributed by atoms with E-state index in [-0.39, 0.29) is 24.8 Å².